The van der Waals surface area contributed by atoms with E-state index >= 15 is 0 Å². The molecule has 110 valence electrons. The molecule has 1 heterocycles. The summed E-state index contributed by atoms with van der Waals surface area (Å²) in [5.74, 6) is -1.12. The number of unbranched alkanes of at least 4 members (excludes halogenated alkanes) is 8. The molecule has 20 heavy (non-hydrogen) atoms. The maximum Gasteiger partial charge on any atom is 1.00 e. The summed E-state index contributed by atoms with van der Waals surface area (Å²) in [7, 11) is 0. The van der Waals surface area contributed by atoms with Crippen LogP contribution in [-0.4, -0.2) is 11.9 Å². The van der Waals surface area contributed by atoms with Gasteiger partial charge >= 0.3 is 41.5 Å². The van der Waals surface area contributed by atoms with E-state index in [2.05, 4.69) is 11.7 Å². The number of hydrogen-bond acceptors (Lipinski definition) is 3. The number of carbonyl (C=O) groups is 2. The van der Waals surface area contributed by atoms with Crippen molar-refractivity contribution in [1.82, 2.24) is 0 Å². The van der Waals surface area contributed by atoms with Crippen molar-refractivity contribution in [2.45, 2.75) is 71.1 Å². The normalized spacial score (nSPS) is 18.4. The molecule has 0 spiro atoms. The van der Waals surface area contributed by atoms with Crippen LogP contribution in [-0.2, 0) is 14.3 Å². The Labute approximate surface area is 146 Å². The number of rotatable bonds is 10. The molecule has 1 atom stereocenters. The second-order valence-corrected chi connectivity index (χ2v) is 5.30. The minimum absolute atomic E-state index is 0. The second-order valence-electron chi connectivity index (χ2n) is 5.30. The predicted molar refractivity (Wildman–Crippen MR) is 76.7 cm³/mol. The van der Waals surface area contributed by atoms with Crippen molar-refractivity contribution in [3.8, 4) is 0 Å². The van der Waals surface area contributed by atoms with Gasteiger partial charge in [-0.3, -0.25) is 9.59 Å². The second kappa shape index (κ2) is 12.6. The van der Waals surface area contributed by atoms with Crippen LogP contribution in [0.3, 0.4) is 0 Å². The predicted octanol–water partition coefficient (Wildman–Crippen LogP) is 1.28. The molecule has 1 fully saturated rings. The number of esters is 2. The summed E-state index contributed by atoms with van der Waals surface area (Å²) in [6.07, 6.45) is 15.5. The van der Waals surface area contributed by atoms with E-state index < -0.39 is 11.9 Å². The summed E-state index contributed by atoms with van der Waals surface area (Å²) >= 11 is 0. The Balaban J connectivity index is 0. The first-order valence-corrected chi connectivity index (χ1v) is 7.65. The first-order valence-electron chi connectivity index (χ1n) is 7.65. The topological polar surface area (TPSA) is 43.4 Å². The number of allylic oxidation sites excluding steroid dienone is 1. The molecule has 0 aliphatic carbocycles. The Kier molecular flexibility index (Phi) is 12.5. The van der Waals surface area contributed by atoms with Crippen LogP contribution >= 0.6 is 0 Å². The van der Waals surface area contributed by atoms with Crippen molar-refractivity contribution in [2.75, 3.05) is 0 Å². The summed E-state index contributed by atoms with van der Waals surface area (Å²) in [5.41, 5.74) is 0. The molecule has 0 aromatic carbocycles. The van der Waals surface area contributed by atoms with Gasteiger partial charge in [-0.15, -0.1) is 0 Å². The molecule has 3 nitrogen and oxygen atoms in total. The molecule has 0 amide bonds. The minimum atomic E-state index is -0.397. The van der Waals surface area contributed by atoms with Crippen LogP contribution in [0.4, 0.5) is 0 Å². The van der Waals surface area contributed by atoms with E-state index in [4.69, 9.17) is 0 Å². The molecule has 0 N–H and O–H groups in total. The maximum absolute atomic E-state index is 11.2. The molecular weight excluding hydrogens is 263 g/mol. The molecule has 1 aliphatic rings. The van der Waals surface area contributed by atoms with E-state index in [-0.39, 0.29) is 43.3 Å². The third kappa shape index (κ3) is 8.93. The Morgan fingerprint density at radius 3 is 2.25 bits per heavy atom. The van der Waals surface area contributed by atoms with Crippen LogP contribution < -0.4 is 29.6 Å². The molecule has 0 saturated carbocycles. The quantitative estimate of drug-likeness (QED) is 0.200. The Hall–Kier alpha value is -0.120. The number of hydrogen-bond donors (Lipinski definition) is 0. The maximum atomic E-state index is 11.2. The van der Waals surface area contributed by atoms with Crippen LogP contribution in [0.2, 0.25) is 0 Å². The molecule has 0 radical (unpaired) electrons. The fraction of sp³-hybridized carbons (Fsp3) is 0.750. The average Bonchev–Trinajstić information content (AvgIpc) is 2.70. The van der Waals surface area contributed by atoms with Crippen molar-refractivity contribution >= 4 is 11.9 Å². The minimum Gasteiger partial charge on any atom is -1.00 e. The van der Waals surface area contributed by atoms with Gasteiger partial charge in [-0.25, -0.2) is 0 Å². The molecule has 0 aromatic heterocycles. The fourth-order valence-corrected chi connectivity index (χ4v) is 2.30. The number of cyclic esters (lactones) is 2. The standard InChI is InChI=1S/C16H26O3.Na.H/c1-2-3-4-5-6-7-8-9-10-11-12-14-13-15(17)19-16(14)18;;/h11-12,14H,2-10,13H2,1H3;;/q;+1;-1. The fourth-order valence-electron chi connectivity index (χ4n) is 2.30. The Morgan fingerprint density at radius 2 is 1.70 bits per heavy atom. The van der Waals surface area contributed by atoms with Crippen molar-refractivity contribution in [2.24, 2.45) is 5.92 Å². The summed E-state index contributed by atoms with van der Waals surface area (Å²) in [4.78, 5) is 22.1. The number of carbonyl (C=O) groups excluding carboxylic acids is 2. The van der Waals surface area contributed by atoms with Gasteiger partial charge in [0.05, 0.1) is 12.3 Å². The van der Waals surface area contributed by atoms with Crippen molar-refractivity contribution in [3.63, 3.8) is 0 Å². The molecule has 1 rings (SSSR count). The van der Waals surface area contributed by atoms with Crippen molar-refractivity contribution in [3.05, 3.63) is 12.2 Å². The zero-order chi connectivity index (χ0) is 13.9. The molecule has 0 bridgehead atoms. The molecule has 1 unspecified atom stereocenters. The van der Waals surface area contributed by atoms with Gasteiger partial charge in [0.2, 0.25) is 0 Å². The average molecular weight is 290 g/mol. The van der Waals surface area contributed by atoms with Crippen LogP contribution in [0.25, 0.3) is 0 Å². The first-order chi connectivity index (χ1) is 9.24. The van der Waals surface area contributed by atoms with Crippen LogP contribution in [0.5, 0.6) is 0 Å². The van der Waals surface area contributed by atoms with E-state index in [1.807, 2.05) is 12.2 Å². The Bertz CT molecular complexity index is 319. The van der Waals surface area contributed by atoms with Crippen molar-refractivity contribution in [1.29, 1.82) is 0 Å². The summed E-state index contributed by atoms with van der Waals surface area (Å²) in [6, 6.07) is 0. The molecule has 1 saturated heterocycles. The first kappa shape index (κ1) is 19.9. The van der Waals surface area contributed by atoms with Crippen molar-refractivity contribution < 1.29 is 45.3 Å². The Morgan fingerprint density at radius 1 is 1.10 bits per heavy atom. The van der Waals surface area contributed by atoms with Crippen LogP contribution in [0.15, 0.2) is 12.2 Å². The molecule has 1 aliphatic heterocycles. The zero-order valence-corrected chi connectivity index (χ0v) is 15.0. The smallest absolute Gasteiger partial charge is 1.00 e. The van der Waals surface area contributed by atoms with Gasteiger partial charge in [-0.05, 0) is 12.8 Å². The SMILES string of the molecule is CCCCCCCCCCC=CC1CC(=O)OC1=O.[H-].[Na+]. The third-order valence-corrected chi connectivity index (χ3v) is 3.50. The monoisotopic (exact) mass is 290 g/mol. The third-order valence-electron chi connectivity index (χ3n) is 3.50. The molecular formula is C16H27NaO3. The molecule has 0 aromatic rings. The van der Waals surface area contributed by atoms with Crippen LogP contribution in [0, 0.1) is 5.92 Å². The molecule has 4 heteroatoms. The van der Waals surface area contributed by atoms with Gasteiger partial charge in [-0.2, -0.15) is 0 Å². The van der Waals surface area contributed by atoms with Crippen LogP contribution in [0.1, 0.15) is 72.6 Å². The number of ether oxygens (including phenoxy) is 1. The van der Waals surface area contributed by atoms with E-state index in [1.54, 1.807) is 0 Å². The zero-order valence-electron chi connectivity index (χ0n) is 14.0. The van der Waals surface area contributed by atoms with Gasteiger partial charge in [0, 0.05) is 0 Å². The van der Waals surface area contributed by atoms with E-state index in [0.717, 1.165) is 6.42 Å². The van der Waals surface area contributed by atoms with Gasteiger partial charge in [0.25, 0.3) is 0 Å². The van der Waals surface area contributed by atoms with E-state index in [1.165, 1.54) is 51.4 Å². The largest absolute Gasteiger partial charge is 1.00 e. The van der Waals surface area contributed by atoms with Gasteiger partial charge in [0.15, 0.2) is 0 Å². The van der Waals surface area contributed by atoms with E-state index in [9.17, 15) is 9.59 Å². The van der Waals surface area contributed by atoms with E-state index in [0.29, 0.717) is 0 Å². The summed E-state index contributed by atoms with van der Waals surface area (Å²) in [5, 5.41) is 0. The van der Waals surface area contributed by atoms with Gasteiger partial charge in [0.1, 0.15) is 0 Å². The summed E-state index contributed by atoms with van der Waals surface area (Å²) in [6.45, 7) is 2.24. The van der Waals surface area contributed by atoms with Gasteiger partial charge < -0.3 is 6.16 Å². The van der Waals surface area contributed by atoms with Gasteiger partial charge in [-0.1, -0.05) is 64.0 Å². The summed E-state index contributed by atoms with van der Waals surface area (Å²) < 4.78 is 4.49.